The number of carbonyl (C=O) groups excluding carboxylic acids is 2. The molecule has 0 aromatic heterocycles. The van der Waals surface area contributed by atoms with Crippen LogP contribution in [0.2, 0.25) is 10.0 Å². The van der Waals surface area contributed by atoms with Gasteiger partial charge in [-0.2, -0.15) is 0 Å². The van der Waals surface area contributed by atoms with Gasteiger partial charge in [-0.05, 0) is 42.3 Å². The predicted molar refractivity (Wildman–Crippen MR) is 102 cm³/mol. The Morgan fingerprint density at radius 2 is 1.80 bits per heavy atom. The molecule has 0 aliphatic carbocycles. The zero-order valence-corrected chi connectivity index (χ0v) is 15.7. The number of nitrogens with zero attached hydrogens (tertiary/aromatic N) is 1. The van der Waals surface area contributed by atoms with Gasteiger partial charge in [0.1, 0.15) is 0 Å². The van der Waals surface area contributed by atoms with E-state index in [1.54, 1.807) is 30.0 Å². The van der Waals surface area contributed by atoms with E-state index in [9.17, 15) is 9.59 Å². The molecule has 4 nitrogen and oxygen atoms in total. The zero-order chi connectivity index (χ0) is 18.4. The molecule has 2 rings (SSSR count). The van der Waals surface area contributed by atoms with E-state index < -0.39 is 0 Å². The van der Waals surface area contributed by atoms with Gasteiger partial charge in [0.2, 0.25) is 11.8 Å². The minimum Gasteiger partial charge on any atom is -0.339 e. The molecule has 0 heterocycles. The third-order valence-corrected chi connectivity index (χ3v) is 4.50. The van der Waals surface area contributed by atoms with E-state index in [2.05, 4.69) is 5.32 Å². The molecule has 0 spiro atoms. The monoisotopic (exact) mass is 378 g/mol. The van der Waals surface area contributed by atoms with Crippen LogP contribution in [0.4, 0.5) is 5.69 Å². The highest BCUT2D eigenvalue weighted by molar-refractivity contribution is 6.42. The highest BCUT2D eigenvalue weighted by Crippen LogP contribution is 2.23. The van der Waals surface area contributed by atoms with Crippen LogP contribution in [0.25, 0.3) is 0 Å². The van der Waals surface area contributed by atoms with Gasteiger partial charge in [-0.25, -0.2) is 0 Å². The topological polar surface area (TPSA) is 49.4 Å². The van der Waals surface area contributed by atoms with Crippen LogP contribution in [0.5, 0.6) is 0 Å². The van der Waals surface area contributed by atoms with E-state index in [1.807, 2.05) is 31.2 Å². The average Bonchev–Trinajstić information content (AvgIpc) is 2.56. The van der Waals surface area contributed by atoms with Crippen LogP contribution in [0.3, 0.4) is 0 Å². The second kappa shape index (κ2) is 8.88. The maximum atomic E-state index is 12.2. The first kappa shape index (κ1) is 19.3. The van der Waals surface area contributed by atoms with E-state index >= 15 is 0 Å². The van der Waals surface area contributed by atoms with Crippen LogP contribution in [0, 0.1) is 0 Å². The summed E-state index contributed by atoms with van der Waals surface area (Å²) in [7, 11) is 0. The van der Waals surface area contributed by atoms with Crippen molar-refractivity contribution in [2.75, 3.05) is 11.9 Å². The van der Waals surface area contributed by atoms with Crippen LogP contribution in [-0.2, 0) is 22.6 Å². The fraction of sp³-hybridized carbons (Fsp3) is 0.263. The van der Waals surface area contributed by atoms with Gasteiger partial charge in [0, 0.05) is 25.7 Å². The molecule has 2 aromatic carbocycles. The Bertz CT molecular complexity index is 778. The molecule has 25 heavy (non-hydrogen) atoms. The van der Waals surface area contributed by atoms with Crippen molar-refractivity contribution in [3.05, 3.63) is 63.6 Å². The van der Waals surface area contributed by atoms with Crippen molar-refractivity contribution in [3.8, 4) is 0 Å². The van der Waals surface area contributed by atoms with Crippen molar-refractivity contribution in [3.63, 3.8) is 0 Å². The Labute approximate surface area is 157 Å². The number of amides is 2. The first-order valence-electron chi connectivity index (χ1n) is 7.97. The highest BCUT2D eigenvalue weighted by atomic mass is 35.5. The number of carbonyl (C=O) groups is 2. The molecule has 1 N–H and O–H groups in total. The van der Waals surface area contributed by atoms with Crippen molar-refractivity contribution >= 4 is 40.7 Å². The lowest BCUT2D eigenvalue weighted by molar-refractivity contribution is -0.129. The van der Waals surface area contributed by atoms with E-state index in [1.165, 1.54) is 0 Å². The number of benzene rings is 2. The van der Waals surface area contributed by atoms with Gasteiger partial charge in [0.25, 0.3) is 0 Å². The minimum atomic E-state index is -0.144. The van der Waals surface area contributed by atoms with Crippen LogP contribution < -0.4 is 5.32 Å². The van der Waals surface area contributed by atoms with Gasteiger partial charge in [0.15, 0.2) is 0 Å². The SMILES string of the molecule is CCN(Cc1cccc(NC(=O)Cc2ccc(Cl)c(Cl)c2)c1)C(C)=O. The van der Waals surface area contributed by atoms with Gasteiger partial charge in [-0.3, -0.25) is 9.59 Å². The predicted octanol–water partition coefficient (Wildman–Crippen LogP) is 4.54. The van der Waals surface area contributed by atoms with Crippen LogP contribution in [0.1, 0.15) is 25.0 Å². The molecule has 2 aromatic rings. The third kappa shape index (κ3) is 5.76. The molecule has 0 bridgehead atoms. The molecular formula is C19H20Cl2N2O2. The second-order valence-corrected chi connectivity index (χ2v) is 6.52. The van der Waals surface area contributed by atoms with E-state index in [0.29, 0.717) is 28.8 Å². The lowest BCUT2D eigenvalue weighted by atomic mass is 10.1. The minimum absolute atomic E-state index is 0.0246. The summed E-state index contributed by atoms with van der Waals surface area (Å²) in [6, 6.07) is 12.6. The fourth-order valence-corrected chi connectivity index (χ4v) is 2.77. The van der Waals surface area contributed by atoms with Crippen LogP contribution in [0.15, 0.2) is 42.5 Å². The molecule has 6 heteroatoms. The first-order valence-corrected chi connectivity index (χ1v) is 8.73. The summed E-state index contributed by atoms with van der Waals surface area (Å²) in [6.07, 6.45) is 0.204. The smallest absolute Gasteiger partial charge is 0.228 e. The Morgan fingerprint density at radius 3 is 2.44 bits per heavy atom. The summed E-state index contributed by atoms with van der Waals surface area (Å²) in [5.74, 6) is -0.119. The maximum Gasteiger partial charge on any atom is 0.228 e. The Morgan fingerprint density at radius 1 is 1.04 bits per heavy atom. The van der Waals surface area contributed by atoms with Gasteiger partial charge < -0.3 is 10.2 Å². The molecule has 0 saturated carbocycles. The van der Waals surface area contributed by atoms with E-state index in [4.69, 9.17) is 23.2 Å². The van der Waals surface area contributed by atoms with E-state index in [-0.39, 0.29) is 18.2 Å². The van der Waals surface area contributed by atoms with Crippen LogP contribution in [-0.4, -0.2) is 23.3 Å². The second-order valence-electron chi connectivity index (χ2n) is 5.71. The number of nitrogens with one attached hydrogen (secondary N) is 1. The lowest BCUT2D eigenvalue weighted by Gasteiger charge is -2.19. The number of rotatable bonds is 6. The summed E-state index contributed by atoms with van der Waals surface area (Å²) in [6.45, 7) is 4.64. The molecule has 0 aliphatic heterocycles. The van der Waals surface area contributed by atoms with Crippen molar-refractivity contribution in [2.24, 2.45) is 0 Å². The summed E-state index contributed by atoms with van der Waals surface area (Å²) in [5.41, 5.74) is 2.45. The normalized spacial score (nSPS) is 10.4. The molecule has 0 unspecified atom stereocenters. The molecule has 0 fully saturated rings. The van der Waals surface area contributed by atoms with Crippen molar-refractivity contribution in [2.45, 2.75) is 26.8 Å². The van der Waals surface area contributed by atoms with Crippen LogP contribution >= 0.6 is 23.2 Å². The number of hydrogen-bond acceptors (Lipinski definition) is 2. The van der Waals surface area contributed by atoms with Gasteiger partial charge in [-0.1, -0.05) is 41.4 Å². The fourth-order valence-electron chi connectivity index (χ4n) is 2.45. The Hall–Kier alpha value is -2.04. The molecule has 0 saturated heterocycles. The first-order chi connectivity index (χ1) is 11.9. The maximum absolute atomic E-state index is 12.2. The summed E-state index contributed by atoms with van der Waals surface area (Å²) in [5, 5.41) is 3.76. The third-order valence-electron chi connectivity index (χ3n) is 3.76. The molecule has 0 radical (unpaired) electrons. The molecular weight excluding hydrogens is 359 g/mol. The van der Waals surface area contributed by atoms with Gasteiger partial charge >= 0.3 is 0 Å². The summed E-state index contributed by atoms with van der Waals surface area (Å²) >= 11 is 11.8. The van der Waals surface area contributed by atoms with Gasteiger partial charge in [0.05, 0.1) is 16.5 Å². The standard InChI is InChI=1S/C19H20Cl2N2O2/c1-3-23(13(2)24)12-15-5-4-6-16(9-15)22-19(25)11-14-7-8-17(20)18(21)10-14/h4-10H,3,11-12H2,1-2H3,(H,22,25). The number of halogens is 2. The zero-order valence-electron chi connectivity index (χ0n) is 14.2. The van der Waals surface area contributed by atoms with E-state index in [0.717, 1.165) is 11.1 Å². The quantitative estimate of drug-likeness (QED) is 0.801. The average molecular weight is 379 g/mol. The lowest BCUT2D eigenvalue weighted by Crippen LogP contribution is -2.27. The molecule has 0 aliphatic rings. The largest absolute Gasteiger partial charge is 0.339 e. The van der Waals surface area contributed by atoms with Gasteiger partial charge in [-0.15, -0.1) is 0 Å². The summed E-state index contributed by atoms with van der Waals surface area (Å²) < 4.78 is 0. The molecule has 0 atom stereocenters. The Balaban J connectivity index is 2.02. The number of hydrogen-bond donors (Lipinski definition) is 1. The Kier molecular flexibility index (Phi) is 6.85. The van der Waals surface area contributed by atoms with Crippen molar-refractivity contribution in [1.82, 2.24) is 4.90 Å². The molecule has 132 valence electrons. The number of anilines is 1. The summed E-state index contributed by atoms with van der Waals surface area (Å²) in [4.78, 5) is 25.5. The molecule has 2 amide bonds. The highest BCUT2D eigenvalue weighted by Gasteiger charge is 2.09. The van der Waals surface area contributed by atoms with Crippen molar-refractivity contribution in [1.29, 1.82) is 0 Å². The van der Waals surface area contributed by atoms with Crippen molar-refractivity contribution < 1.29 is 9.59 Å².